The van der Waals surface area contributed by atoms with Gasteiger partial charge in [0.15, 0.2) is 0 Å². The molecular weight excluding hydrogens is 268 g/mol. The van der Waals surface area contributed by atoms with E-state index in [9.17, 15) is 9.90 Å². The van der Waals surface area contributed by atoms with Gasteiger partial charge < -0.3 is 19.7 Å². The van der Waals surface area contributed by atoms with E-state index in [-0.39, 0.29) is 12.6 Å². The number of carbonyl (C=O) groups is 1. The van der Waals surface area contributed by atoms with Gasteiger partial charge in [0.2, 0.25) is 0 Å². The van der Waals surface area contributed by atoms with Crippen molar-refractivity contribution in [3.8, 4) is 0 Å². The van der Waals surface area contributed by atoms with Crippen molar-refractivity contribution in [2.24, 2.45) is 0 Å². The maximum absolute atomic E-state index is 12.1. The van der Waals surface area contributed by atoms with Crippen LogP contribution in [-0.2, 0) is 6.54 Å². The largest absolute Gasteiger partial charge is 0.467 e. The lowest BCUT2D eigenvalue weighted by molar-refractivity contribution is 0.101. The van der Waals surface area contributed by atoms with E-state index in [1.807, 2.05) is 37.3 Å². The summed E-state index contributed by atoms with van der Waals surface area (Å²) >= 11 is 0. The van der Waals surface area contributed by atoms with Gasteiger partial charge >= 0.3 is 6.03 Å². The topological polar surface area (TPSA) is 65.7 Å². The van der Waals surface area contributed by atoms with Crippen LogP contribution in [0, 0.1) is 0 Å². The monoisotopic (exact) mass is 288 g/mol. The van der Waals surface area contributed by atoms with Gasteiger partial charge in [-0.1, -0.05) is 30.3 Å². The fourth-order valence-corrected chi connectivity index (χ4v) is 2.07. The molecule has 0 saturated carbocycles. The van der Waals surface area contributed by atoms with Gasteiger partial charge in [0.25, 0.3) is 0 Å². The number of urea groups is 1. The zero-order valence-electron chi connectivity index (χ0n) is 12.0. The first kappa shape index (κ1) is 15.1. The number of nitrogens with zero attached hydrogens (tertiary/aromatic N) is 1. The first-order valence-corrected chi connectivity index (χ1v) is 6.99. The average molecular weight is 288 g/mol. The molecule has 2 N–H and O–H groups in total. The lowest BCUT2D eigenvalue weighted by Crippen LogP contribution is -2.41. The highest BCUT2D eigenvalue weighted by atomic mass is 16.4. The molecule has 0 fully saturated rings. The summed E-state index contributed by atoms with van der Waals surface area (Å²) in [4.78, 5) is 13.7. The van der Waals surface area contributed by atoms with Crippen LogP contribution in [0.25, 0.3) is 0 Å². The van der Waals surface area contributed by atoms with Crippen LogP contribution >= 0.6 is 0 Å². The van der Waals surface area contributed by atoms with E-state index < -0.39 is 6.10 Å². The second-order valence-electron chi connectivity index (χ2n) is 4.73. The van der Waals surface area contributed by atoms with Crippen molar-refractivity contribution in [3.63, 3.8) is 0 Å². The number of hydrogen-bond acceptors (Lipinski definition) is 3. The van der Waals surface area contributed by atoms with Crippen molar-refractivity contribution in [2.45, 2.75) is 19.6 Å². The second-order valence-corrected chi connectivity index (χ2v) is 4.73. The van der Waals surface area contributed by atoms with E-state index in [1.165, 1.54) is 6.26 Å². The first-order chi connectivity index (χ1) is 10.2. The lowest BCUT2D eigenvalue weighted by atomic mass is 10.2. The van der Waals surface area contributed by atoms with Crippen molar-refractivity contribution in [3.05, 3.63) is 60.1 Å². The predicted octanol–water partition coefficient (Wildman–Crippen LogP) is 2.54. The van der Waals surface area contributed by atoms with Crippen LogP contribution in [0.4, 0.5) is 4.79 Å². The summed E-state index contributed by atoms with van der Waals surface area (Å²) < 4.78 is 5.18. The molecule has 0 spiro atoms. The molecule has 0 aliphatic heterocycles. The van der Waals surface area contributed by atoms with Crippen LogP contribution in [0.2, 0.25) is 0 Å². The Bertz CT molecular complexity index is 540. The number of hydrogen-bond donors (Lipinski definition) is 2. The number of nitrogens with one attached hydrogen (secondary N) is 1. The molecule has 5 heteroatoms. The lowest BCUT2D eigenvalue weighted by Gasteiger charge is -2.25. The molecule has 2 aromatic rings. The van der Waals surface area contributed by atoms with Crippen molar-refractivity contribution in [2.75, 3.05) is 13.1 Å². The van der Waals surface area contributed by atoms with Crippen LogP contribution in [-0.4, -0.2) is 29.1 Å². The van der Waals surface area contributed by atoms with Gasteiger partial charge in [-0.05, 0) is 24.6 Å². The third kappa shape index (κ3) is 4.36. The standard InChI is InChI=1S/C16H20N2O3/c1-2-17-16(20)18(11-13-7-4-3-5-8-13)12-14(19)15-9-6-10-21-15/h3-10,14,19H,2,11-12H2,1H3,(H,17,20). The maximum atomic E-state index is 12.1. The fourth-order valence-electron chi connectivity index (χ4n) is 2.07. The van der Waals surface area contributed by atoms with E-state index in [1.54, 1.807) is 17.0 Å². The molecule has 0 radical (unpaired) electrons. The number of benzene rings is 1. The van der Waals surface area contributed by atoms with Gasteiger partial charge in [0.1, 0.15) is 11.9 Å². The molecule has 0 saturated heterocycles. The van der Waals surface area contributed by atoms with Gasteiger partial charge in [-0.15, -0.1) is 0 Å². The molecule has 21 heavy (non-hydrogen) atoms. The molecule has 0 aliphatic rings. The molecule has 5 nitrogen and oxygen atoms in total. The Labute approximate surface area is 124 Å². The number of aliphatic hydroxyl groups is 1. The molecule has 2 rings (SSSR count). The fraction of sp³-hybridized carbons (Fsp3) is 0.312. The van der Waals surface area contributed by atoms with Crippen molar-refractivity contribution in [1.29, 1.82) is 0 Å². The highest BCUT2D eigenvalue weighted by Gasteiger charge is 2.20. The summed E-state index contributed by atoms with van der Waals surface area (Å²) in [6, 6.07) is 12.9. The van der Waals surface area contributed by atoms with E-state index in [4.69, 9.17) is 4.42 Å². The van der Waals surface area contributed by atoms with E-state index in [2.05, 4.69) is 5.32 Å². The number of carbonyl (C=O) groups excluding carboxylic acids is 1. The zero-order valence-corrected chi connectivity index (χ0v) is 12.0. The molecular formula is C16H20N2O3. The summed E-state index contributed by atoms with van der Waals surface area (Å²) in [7, 11) is 0. The van der Waals surface area contributed by atoms with E-state index in [0.29, 0.717) is 18.8 Å². The maximum Gasteiger partial charge on any atom is 0.317 e. The summed E-state index contributed by atoms with van der Waals surface area (Å²) in [5.41, 5.74) is 1.01. The van der Waals surface area contributed by atoms with Crippen LogP contribution < -0.4 is 5.32 Å². The number of amides is 2. The third-order valence-electron chi connectivity index (χ3n) is 3.10. The Morgan fingerprint density at radius 3 is 2.67 bits per heavy atom. The molecule has 0 aliphatic carbocycles. The molecule has 2 amide bonds. The number of aliphatic hydroxyl groups excluding tert-OH is 1. The highest BCUT2D eigenvalue weighted by Crippen LogP contribution is 2.16. The van der Waals surface area contributed by atoms with Crippen LogP contribution in [0.15, 0.2) is 53.1 Å². The van der Waals surface area contributed by atoms with Crippen molar-refractivity contribution >= 4 is 6.03 Å². The predicted molar refractivity (Wildman–Crippen MR) is 79.6 cm³/mol. The van der Waals surface area contributed by atoms with Crippen LogP contribution in [0.5, 0.6) is 0 Å². The highest BCUT2D eigenvalue weighted by molar-refractivity contribution is 5.74. The summed E-state index contributed by atoms with van der Waals surface area (Å²) in [6.07, 6.45) is 0.665. The molecule has 112 valence electrons. The Kier molecular flexibility index (Phi) is 5.40. The summed E-state index contributed by atoms with van der Waals surface area (Å²) in [6.45, 7) is 3.02. The first-order valence-electron chi connectivity index (χ1n) is 6.99. The molecule has 1 aromatic carbocycles. The van der Waals surface area contributed by atoms with Crippen molar-refractivity contribution < 1.29 is 14.3 Å². The second kappa shape index (κ2) is 7.50. The van der Waals surface area contributed by atoms with E-state index in [0.717, 1.165) is 5.56 Å². The summed E-state index contributed by atoms with van der Waals surface area (Å²) in [5, 5.41) is 12.9. The van der Waals surface area contributed by atoms with Crippen LogP contribution in [0.1, 0.15) is 24.4 Å². The third-order valence-corrected chi connectivity index (χ3v) is 3.10. The Morgan fingerprint density at radius 2 is 2.05 bits per heavy atom. The normalized spacial score (nSPS) is 11.9. The van der Waals surface area contributed by atoms with Crippen LogP contribution in [0.3, 0.4) is 0 Å². The molecule has 1 aromatic heterocycles. The number of rotatable bonds is 6. The van der Waals surface area contributed by atoms with Gasteiger partial charge in [0.05, 0.1) is 12.8 Å². The van der Waals surface area contributed by atoms with Gasteiger partial charge in [-0.25, -0.2) is 4.79 Å². The molecule has 1 atom stereocenters. The quantitative estimate of drug-likeness (QED) is 0.858. The Hall–Kier alpha value is -2.27. The Balaban J connectivity index is 2.06. The molecule has 1 heterocycles. The van der Waals surface area contributed by atoms with Gasteiger partial charge in [-0.2, -0.15) is 0 Å². The van der Waals surface area contributed by atoms with E-state index >= 15 is 0 Å². The minimum atomic E-state index is -0.841. The number of furan rings is 1. The average Bonchev–Trinajstić information content (AvgIpc) is 3.02. The molecule has 0 bridgehead atoms. The van der Waals surface area contributed by atoms with Gasteiger partial charge in [0, 0.05) is 13.1 Å². The smallest absolute Gasteiger partial charge is 0.317 e. The SMILES string of the molecule is CCNC(=O)N(Cc1ccccc1)CC(O)c1ccco1. The van der Waals surface area contributed by atoms with Crippen molar-refractivity contribution in [1.82, 2.24) is 10.2 Å². The Morgan fingerprint density at radius 1 is 1.29 bits per heavy atom. The molecule has 1 unspecified atom stereocenters. The summed E-state index contributed by atoms with van der Waals surface area (Å²) in [5.74, 6) is 0.456. The van der Waals surface area contributed by atoms with Gasteiger partial charge in [-0.3, -0.25) is 0 Å². The minimum Gasteiger partial charge on any atom is -0.467 e. The minimum absolute atomic E-state index is 0.175. The zero-order chi connectivity index (χ0) is 15.1.